The lowest BCUT2D eigenvalue weighted by atomic mass is 10.2. The van der Waals surface area contributed by atoms with E-state index in [1.165, 1.54) is 6.33 Å². The van der Waals surface area contributed by atoms with Crippen LogP contribution in [0, 0.1) is 0 Å². The third kappa shape index (κ3) is 4.28. The number of aromatic nitrogens is 2. The van der Waals surface area contributed by atoms with Gasteiger partial charge in [-0.05, 0) is 6.07 Å². The van der Waals surface area contributed by atoms with E-state index in [1.807, 2.05) is 0 Å². The fourth-order valence-corrected chi connectivity index (χ4v) is 2.98. The molecule has 25 heavy (non-hydrogen) atoms. The molecule has 135 valence electrons. The highest BCUT2D eigenvalue weighted by atomic mass is 16.5. The second-order valence-electron chi connectivity index (χ2n) is 5.95. The maximum Gasteiger partial charge on any atom is 0.280 e. The van der Waals surface area contributed by atoms with Gasteiger partial charge < -0.3 is 14.6 Å². The van der Waals surface area contributed by atoms with Gasteiger partial charge in [0.25, 0.3) is 5.88 Å². The average molecular weight is 347 g/mol. The van der Waals surface area contributed by atoms with Gasteiger partial charge >= 0.3 is 0 Å². The first-order valence-corrected chi connectivity index (χ1v) is 8.39. The third-order valence-electron chi connectivity index (χ3n) is 4.43. The average Bonchev–Trinajstić information content (AvgIpc) is 2.63. The maximum absolute atomic E-state index is 11.8. The molecule has 3 rings (SSSR count). The Morgan fingerprint density at radius 1 is 1.08 bits per heavy atom. The van der Waals surface area contributed by atoms with Crippen LogP contribution in [-0.4, -0.2) is 84.5 Å². The number of piperazine rings is 1. The van der Waals surface area contributed by atoms with Crippen LogP contribution in [0.5, 0.6) is 17.4 Å². The van der Waals surface area contributed by atoms with E-state index in [-0.39, 0.29) is 12.5 Å². The van der Waals surface area contributed by atoms with Crippen molar-refractivity contribution in [1.29, 1.82) is 0 Å². The van der Waals surface area contributed by atoms with E-state index < -0.39 is 0 Å². The Morgan fingerprint density at radius 2 is 1.80 bits per heavy atom. The molecule has 8 nitrogen and oxygen atoms in total. The smallest absolute Gasteiger partial charge is 0.280 e. The van der Waals surface area contributed by atoms with Crippen LogP contribution in [0.2, 0.25) is 0 Å². The zero-order valence-corrected chi connectivity index (χ0v) is 14.3. The number of hydrogen-bond donors (Lipinski definition) is 1. The van der Waals surface area contributed by atoms with E-state index in [2.05, 4.69) is 19.8 Å². The number of ether oxygens (including phenoxy) is 2. The topological polar surface area (TPSA) is 90.8 Å². The van der Waals surface area contributed by atoms with Gasteiger partial charge in [-0.1, -0.05) is 0 Å². The Kier molecular flexibility index (Phi) is 5.85. The van der Waals surface area contributed by atoms with Crippen molar-refractivity contribution >= 4 is 10.9 Å². The fourth-order valence-electron chi connectivity index (χ4n) is 2.98. The van der Waals surface area contributed by atoms with E-state index in [0.29, 0.717) is 29.0 Å². The lowest BCUT2D eigenvalue weighted by Crippen LogP contribution is -2.48. The molecule has 1 aromatic carbocycles. The van der Waals surface area contributed by atoms with E-state index >= 15 is 0 Å². The van der Waals surface area contributed by atoms with Gasteiger partial charge in [0.2, 0.25) is 0 Å². The molecule has 1 saturated heterocycles. The number of aliphatic hydroxyl groups excluding tert-OH is 1. The molecule has 1 radical (unpaired) electrons. The first kappa shape index (κ1) is 17.7. The van der Waals surface area contributed by atoms with E-state index in [1.54, 1.807) is 19.2 Å². The third-order valence-corrected chi connectivity index (χ3v) is 4.43. The second-order valence-corrected chi connectivity index (χ2v) is 5.95. The number of hydrogen-bond acceptors (Lipinski definition) is 7. The van der Waals surface area contributed by atoms with Gasteiger partial charge in [-0.15, -0.1) is 0 Å². The van der Waals surface area contributed by atoms with Gasteiger partial charge in [0.05, 0.1) is 24.6 Å². The largest absolute Gasteiger partial charge is 0.493 e. The van der Waals surface area contributed by atoms with Crippen LogP contribution in [0.15, 0.2) is 18.5 Å². The minimum absolute atomic E-state index is 0.208. The molecule has 1 N–H and O–H groups in total. The van der Waals surface area contributed by atoms with Crippen molar-refractivity contribution in [1.82, 2.24) is 19.8 Å². The summed E-state index contributed by atoms with van der Waals surface area (Å²) in [7, 11) is 1.54. The summed E-state index contributed by atoms with van der Waals surface area (Å²) in [5, 5.41) is 21.2. The standard InChI is InChI=1S/C17H23N4O4/c1-24-15-10-13-14(18-12-19-17(13)23)11-16(15)25-9-7-21-4-2-20(3-5-21)6-8-22/h10-12,22H,2-9H2,1H3. The summed E-state index contributed by atoms with van der Waals surface area (Å²) < 4.78 is 11.2. The van der Waals surface area contributed by atoms with Crippen molar-refractivity contribution in [2.24, 2.45) is 0 Å². The van der Waals surface area contributed by atoms with Crippen LogP contribution in [-0.2, 0) is 5.11 Å². The first-order chi connectivity index (χ1) is 12.2. The predicted octanol–water partition coefficient (Wildman–Crippen LogP) is 0.771. The quantitative estimate of drug-likeness (QED) is 0.791. The van der Waals surface area contributed by atoms with Crippen molar-refractivity contribution in [3.8, 4) is 17.4 Å². The summed E-state index contributed by atoms with van der Waals surface area (Å²) in [6.45, 7) is 6.13. The fraction of sp³-hybridized carbons (Fsp3) is 0.529. The lowest BCUT2D eigenvalue weighted by molar-refractivity contribution is 0.101. The Labute approximate surface area is 146 Å². The molecule has 1 fully saturated rings. The Balaban J connectivity index is 1.58. The molecule has 0 spiro atoms. The number of rotatable bonds is 7. The molecule has 1 aliphatic rings. The van der Waals surface area contributed by atoms with Gasteiger partial charge in [0, 0.05) is 45.3 Å². The Bertz CT molecular complexity index is 704. The Morgan fingerprint density at radius 3 is 2.48 bits per heavy atom. The van der Waals surface area contributed by atoms with Crippen LogP contribution in [0.3, 0.4) is 0 Å². The van der Waals surface area contributed by atoms with Crippen LogP contribution >= 0.6 is 0 Å². The molecular weight excluding hydrogens is 324 g/mol. The minimum Gasteiger partial charge on any atom is -0.493 e. The minimum atomic E-state index is -0.324. The van der Waals surface area contributed by atoms with Crippen molar-refractivity contribution in [2.75, 3.05) is 59.6 Å². The highest BCUT2D eigenvalue weighted by Gasteiger charge is 2.17. The molecule has 0 unspecified atom stereocenters. The molecule has 1 aromatic heterocycles. The molecule has 2 aromatic rings. The van der Waals surface area contributed by atoms with Gasteiger partial charge in [-0.25, -0.2) is 4.98 Å². The van der Waals surface area contributed by atoms with Crippen LogP contribution < -0.4 is 9.47 Å². The number of nitrogens with zero attached hydrogens (tertiary/aromatic N) is 4. The molecule has 2 heterocycles. The summed E-state index contributed by atoms with van der Waals surface area (Å²) in [4.78, 5) is 12.4. The molecule has 8 heteroatoms. The van der Waals surface area contributed by atoms with Gasteiger partial charge in [0.15, 0.2) is 11.5 Å². The van der Waals surface area contributed by atoms with E-state index in [9.17, 15) is 5.11 Å². The molecule has 1 aliphatic heterocycles. The van der Waals surface area contributed by atoms with Crippen molar-refractivity contribution < 1.29 is 19.7 Å². The zero-order chi connectivity index (χ0) is 17.6. The number of benzene rings is 1. The SMILES string of the molecule is COc1cc2c([O])ncnc2cc1OCCN1CCN(CCO)CC1. The second kappa shape index (κ2) is 8.28. The molecule has 0 amide bonds. The molecule has 0 saturated carbocycles. The van der Waals surface area contributed by atoms with Crippen molar-refractivity contribution in [3.63, 3.8) is 0 Å². The van der Waals surface area contributed by atoms with Gasteiger partial charge in [-0.2, -0.15) is 4.98 Å². The molecule has 0 bridgehead atoms. The highest BCUT2D eigenvalue weighted by Crippen LogP contribution is 2.34. The molecule has 0 atom stereocenters. The van der Waals surface area contributed by atoms with Gasteiger partial charge in [-0.3, -0.25) is 14.9 Å². The summed E-state index contributed by atoms with van der Waals surface area (Å²) in [6.07, 6.45) is 1.26. The molecular formula is C17H23N4O4. The van der Waals surface area contributed by atoms with Crippen LogP contribution in [0.4, 0.5) is 0 Å². The lowest BCUT2D eigenvalue weighted by Gasteiger charge is -2.34. The summed E-state index contributed by atoms with van der Waals surface area (Å²) in [5.41, 5.74) is 0.549. The van der Waals surface area contributed by atoms with E-state index in [4.69, 9.17) is 14.6 Å². The van der Waals surface area contributed by atoms with E-state index in [0.717, 1.165) is 39.3 Å². The normalized spacial score (nSPS) is 16.2. The van der Waals surface area contributed by atoms with Crippen LogP contribution in [0.25, 0.3) is 10.9 Å². The summed E-state index contributed by atoms with van der Waals surface area (Å²) in [6, 6.07) is 3.34. The highest BCUT2D eigenvalue weighted by molar-refractivity contribution is 5.86. The zero-order valence-electron chi connectivity index (χ0n) is 14.3. The maximum atomic E-state index is 11.8. The predicted molar refractivity (Wildman–Crippen MR) is 91.7 cm³/mol. The number of fused-ring (bicyclic) bond motifs is 1. The monoisotopic (exact) mass is 347 g/mol. The number of β-amino-alcohol motifs (C(OH)–C–C–N with tert-alkyl or cyclic N) is 1. The van der Waals surface area contributed by atoms with Crippen LogP contribution in [0.1, 0.15) is 0 Å². The summed E-state index contributed by atoms with van der Waals surface area (Å²) in [5.74, 6) is 0.759. The number of methoxy groups -OCH3 is 1. The van der Waals surface area contributed by atoms with Crippen molar-refractivity contribution in [3.05, 3.63) is 18.5 Å². The Hall–Kier alpha value is -2.16. The first-order valence-electron chi connectivity index (χ1n) is 8.39. The summed E-state index contributed by atoms with van der Waals surface area (Å²) >= 11 is 0. The molecule has 0 aliphatic carbocycles. The van der Waals surface area contributed by atoms with Gasteiger partial charge in [0.1, 0.15) is 12.9 Å². The number of aliphatic hydroxyl groups is 1. The van der Waals surface area contributed by atoms with Crippen molar-refractivity contribution in [2.45, 2.75) is 0 Å².